The zero-order valence-corrected chi connectivity index (χ0v) is 12.8. The summed E-state index contributed by atoms with van der Waals surface area (Å²) in [7, 11) is 0. The lowest BCUT2D eigenvalue weighted by Crippen LogP contribution is -2.04. The third-order valence-corrected chi connectivity index (χ3v) is 3.99. The minimum absolute atomic E-state index is 0.141. The van der Waals surface area contributed by atoms with Crippen LogP contribution in [-0.2, 0) is 0 Å². The van der Waals surface area contributed by atoms with E-state index in [0.29, 0.717) is 0 Å². The Morgan fingerprint density at radius 2 is 1.00 bits per heavy atom. The fraction of sp³-hybridized carbons (Fsp3) is 0.300. The lowest BCUT2D eigenvalue weighted by Gasteiger charge is -2.13. The third kappa shape index (κ3) is 4.83. The second-order valence-electron chi connectivity index (χ2n) is 5.52. The van der Waals surface area contributed by atoms with E-state index in [1.54, 1.807) is 0 Å². The van der Waals surface area contributed by atoms with Gasteiger partial charge in [0.1, 0.15) is 0 Å². The first-order valence-corrected chi connectivity index (χ1v) is 7.81. The Morgan fingerprint density at radius 1 is 0.636 bits per heavy atom. The highest BCUT2D eigenvalue weighted by Gasteiger charge is 2.09. The average Bonchev–Trinajstić information content (AvgIpc) is 2.60. The van der Waals surface area contributed by atoms with Gasteiger partial charge in [0.05, 0.1) is 13.2 Å². The fourth-order valence-electron chi connectivity index (χ4n) is 2.60. The molecule has 0 saturated heterocycles. The van der Waals surface area contributed by atoms with Gasteiger partial charge >= 0.3 is 0 Å². The van der Waals surface area contributed by atoms with Gasteiger partial charge in [0.15, 0.2) is 0 Å². The van der Waals surface area contributed by atoms with Crippen molar-refractivity contribution in [2.45, 2.75) is 24.7 Å². The molecule has 2 N–H and O–H groups in total. The number of rotatable bonds is 8. The molecule has 2 aromatic rings. The molecule has 0 aliphatic rings. The lowest BCUT2D eigenvalue weighted by atomic mass is 9.94. The Morgan fingerprint density at radius 3 is 1.32 bits per heavy atom. The Balaban J connectivity index is 1.89. The Hall–Kier alpha value is -1.90. The second kappa shape index (κ2) is 9.19. The second-order valence-corrected chi connectivity index (χ2v) is 5.52. The molecular formula is C20H24O2. The van der Waals surface area contributed by atoms with Crippen molar-refractivity contribution in [1.82, 2.24) is 0 Å². The number of benzene rings is 2. The molecule has 0 radical (unpaired) electrons. The monoisotopic (exact) mass is 296 g/mol. The summed E-state index contributed by atoms with van der Waals surface area (Å²) in [5.41, 5.74) is 2.33. The molecule has 0 spiro atoms. The molecular weight excluding hydrogens is 272 g/mol. The first kappa shape index (κ1) is 16.5. The lowest BCUT2D eigenvalue weighted by molar-refractivity contribution is 0.263. The van der Waals surface area contributed by atoms with Gasteiger partial charge in [-0.15, -0.1) is 0 Å². The van der Waals surface area contributed by atoms with Crippen molar-refractivity contribution < 1.29 is 10.2 Å². The summed E-state index contributed by atoms with van der Waals surface area (Å²) in [5, 5.41) is 19.1. The van der Waals surface area contributed by atoms with Gasteiger partial charge < -0.3 is 10.2 Å². The number of hydrogen-bond donors (Lipinski definition) is 2. The van der Waals surface area contributed by atoms with Crippen LogP contribution in [0.2, 0.25) is 0 Å². The summed E-state index contributed by atoms with van der Waals surface area (Å²) in [4.78, 5) is 0. The summed E-state index contributed by atoms with van der Waals surface area (Å²) in [5.74, 6) is 0.281. The molecule has 2 heteroatoms. The molecule has 0 heterocycles. The Bertz CT molecular complexity index is 497. The molecule has 0 aliphatic heterocycles. The van der Waals surface area contributed by atoms with Gasteiger partial charge in [-0.25, -0.2) is 0 Å². The van der Waals surface area contributed by atoms with Crippen LogP contribution in [0.15, 0.2) is 72.8 Å². The van der Waals surface area contributed by atoms with Crippen molar-refractivity contribution in [3.8, 4) is 0 Å². The first-order chi connectivity index (χ1) is 10.8. The summed E-state index contributed by atoms with van der Waals surface area (Å²) < 4.78 is 0. The van der Waals surface area contributed by atoms with Crippen LogP contribution in [0, 0.1) is 0 Å². The summed E-state index contributed by atoms with van der Waals surface area (Å²) in [6, 6.07) is 20.2. The van der Waals surface area contributed by atoms with Crippen molar-refractivity contribution in [2.75, 3.05) is 13.2 Å². The maximum Gasteiger partial charge on any atom is 0.0502 e. The molecule has 0 saturated carbocycles. The average molecular weight is 296 g/mol. The number of hydrogen-bond acceptors (Lipinski definition) is 2. The van der Waals surface area contributed by atoms with Gasteiger partial charge in [0, 0.05) is 11.8 Å². The third-order valence-electron chi connectivity index (χ3n) is 3.99. The molecule has 0 fully saturated rings. The van der Waals surface area contributed by atoms with Crippen LogP contribution in [0.3, 0.4) is 0 Å². The first-order valence-electron chi connectivity index (χ1n) is 7.81. The maximum absolute atomic E-state index is 9.54. The minimum atomic E-state index is 0.141. The topological polar surface area (TPSA) is 40.5 Å². The predicted octanol–water partition coefficient (Wildman–Crippen LogP) is 3.88. The van der Waals surface area contributed by atoms with Crippen molar-refractivity contribution in [2.24, 2.45) is 0 Å². The van der Waals surface area contributed by atoms with E-state index in [-0.39, 0.29) is 25.0 Å². The van der Waals surface area contributed by atoms with Gasteiger partial charge in [0.2, 0.25) is 0 Å². The summed E-state index contributed by atoms with van der Waals surface area (Å²) in [6.07, 6.45) is 5.85. The van der Waals surface area contributed by atoms with E-state index >= 15 is 0 Å². The normalized spacial score (nSPS) is 14.1. The van der Waals surface area contributed by atoms with Gasteiger partial charge in [-0.3, -0.25) is 0 Å². The van der Waals surface area contributed by atoms with E-state index in [1.807, 2.05) is 36.4 Å². The number of allylic oxidation sites excluding steroid dienone is 2. The maximum atomic E-state index is 9.54. The van der Waals surface area contributed by atoms with Crippen LogP contribution >= 0.6 is 0 Å². The largest absolute Gasteiger partial charge is 0.396 e. The van der Waals surface area contributed by atoms with E-state index in [4.69, 9.17) is 0 Å². The van der Waals surface area contributed by atoms with Crippen LogP contribution in [-0.4, -0.2) is 23.4 Å². The highest BCUT2D eigenvalue weighted by atomic mass is 16.3. The predicted molar refractivity (Wildman–Crippen MR) is 90.9 cm³/mol. The van der Waals surface area contributed by atoms with Crippen LogP contribution in [0.1, 0.15) is 35.8 Å². The molecule has 2 aromatic carbocycles. The molecule has 2 rings (SSSR count). The van der Waals surface area contributed by atoms with Crippen molar-refractivity contribution in [1.29, 1.82) is 0 Å². The molecule has 0 bridgehead atoms. The zero-order valence-electron chi connectivity index (χ0n) is 12.8. The molecule has 0 amide bonds. The standard InChI is InChI=1S/C20H24O2/c21-15-19(17-9-3-1-4-10-17)13-7-8-14-20(16-22)18-11-5-2-6-12-18/h1-12,19-22H,13-16H2. The van der Waals surface area contributed by atoms with Gasteiger partial charge in [0.25, 0.3) is 0 Å². The fourth-order valence-corrected chi connectivity index (χ4v) is 2.60. The van der Waals surface area contributed by atoms with Crippen LogP contribution in [0.25, 0.3) is 0 Å². The molecule has 22 heavy (non-hydrogen) atoms. The smallest absolute Gasteiger partial charge is 0.0502 e. The molecule has 116 valence electrons. The van der Waals surface area contributed by atoms with E-state index in [0.717, 1.165) is 24.0 Å². The van der Waals surface area contributed by atoms with E-state index in [2.05, 4.69) is 36.4 Å². The number of aliphatic hydroxyl groups excluding tert-OH is 2. The van der Waals surface area contributed by atoms with E-state index < -0.39 is 0 Å². The van der Waals surface area contributed by atoms with Crippen LogP contribution in [0.4, 0.5) is 0 Å². The highest BCUT2D eigenvalue weighted by molar-refractivity contribution is 5.22. The number of aliphatic hydroxyl groups is 2. The van der Waals surface area contributed by atoms with Crippen molar-refractivity contribution >= 4 is 0 Å². The van der Waals surface area contributed by atoms with Gasteiger partial charge in [-0.1, -0.05) is 72.8 Å². The molecule has 0 aliphatic carbocycles. The SMILES string of the molecule is OCC(CC=CCC(CO)c1ccccc1)c1ccccc1. The quantitative estimate of drug-likeness (QED) is 0.726. The van der Waals surface area contributed by atoms with Gasteiger partial charge in [-0.05, 0) is 24.0 Å². The van der Waals surface area contributed by atoms with Crippen LogP contribution in [0.5, 0.6) is 0 Å². The van der Waals surface area contributed by atoms with Crippen LogP contribution < -0.4 is 0 Å². The molecule has 0 aromatic heterocycles. The highest BCUT2D eigenvalue weighted by Crippen LogP contribution is 2.22. The summed E-state index contributed by atoms with van der Waals surface area (Å²) in [6.45, 7) is 0.299. The van der Waals surface area contributed by atoms with Gasteiger partial charge in [-0.2, -0.15) is 0 Å². The minimum Gasteiger partial charge on any atom is -0.396 e. The van der Waals surface area contributed by atoms with Crippen molar-refractivity contribution in [3.05, 3.63) is 83.9 Å². The van der Waals surface area contributed by atoms with E-state index in [1.165, 1.54) is 0 Å². The Labute approximate surface area is 132 Å². The van der Waals surface area contributed by atoms with E-state index in [9.17, 15) is 10.2 Å². The zero-order chi connectivity index (χ0) is 15.6. The summed E-state index contributed by atoms with van der Waals surface area (Å²) >= 11 is 0. The van der Waals surface area contributed by atoms with Crippen molar-refractivity contribution in [3.63, 3.8) is 0 Å². The molecule has 2 atom stereocenters. The Kier molecular flexibility index (Phi) is 6.88. The molecule has 2 unspecified atom stereocenters. The molecule has 2 nitrogen and oxygen atoms in total.